The van der Waals surface area contributed by atoms with Gasteiger partial charge in [0.25, 0.3) is 0 Å². The van der Waals surface area contributed by atoms with Gasteiger partial charge < -0.3 is 11.1 Å². The summed E-state index contributed by atoms with van der Waals surface area (Å²) in [7, 11) is 0. The van der Waals surface area contributed by atoms with Crippen molar-refractivity contribution in [1.82, 2.24) is 0 Å². The second-order valence-electron chi connectivity index (χ2n) is 3.10. The first-order valence-corrected chi connectivity index (χ1v) is 4.87. The van der Waals surface area contributed by atoms with E-state index in [0.717, 1.165) is 12.1 Å². The van der Waals surface area contributed by atoms with Crippen LogP contribution in [0, 0.1) is 12.3 Å². The number of anilines is 1. The predicted molar refractivity (Wildman–Crippen MR) is 80.0 cm³/mol. The van der Waals surface area contributed by atoms with Gasteiger partial charge in [0.2, 0.25) is 0 Å². The van der Waals surface area contributed by atoms with Crippen LogP contribution in [0.4, 0.5) is 5.69 Å². The van der Waals surface area contributed by atoms with E-state index in [1.807, 2.05) is 37.3 Å². The highest BCUT2D eigenvalue weighted by Crippen LogP contribution is 2.04. The van der Waals surface area contributed by atoms with Crippen molar-refractivity contribution >= 4 is 35.6 Å². The Morgan fingerprint density at radius 2 is 2.12 bits per heavy atom. The van der Waals surface area contributed by atoms with Crippen LogP contribution >= 0.6 is 24.0 Å². The van der Waals surface area contributed by atoms with Crippen LogP contribution < -0.4 is 11.1 Å². The van der Waals surface area contributed by atoms with E-state index in [-0.39, 0.29) is 30.0 Å². The fourth-order valence-electron chi connectivity index (χ4n) is 1.12. The number of aliphatic imine (C=N–C) groups is 1. The number of guanidine groups is 1. The Morgan fingerprint density at radius 3 is 2.62 bits per heavy atom. The van der Waals surface area contributed by atoms with E-state index in [2.05, 4.69) is 16.2 Å². The van der Waals surface area contributed by atoms with E-state index >= 15 is 0 Å². The molecule has 1 aromatic rings. The lowest BCUT2D eigenvalue weighted by Gasteiger charge is -2.07. The van der Waals surface area contributed by atoms with Gasteiger partial charge in [0, 0.05) is 5.69 Å². The lowest BCUT2D eigenvalue weighted by Crippen LogP contribution is -2.24. The third-order valence-corrected chi connectivity index (χ3v) is 1.92. The van der Waals surface area contributed by atoms with Crippen molar-refractivity contribution in [3.05, 3.63) is 30.3 Å². The van der Waals surface area contributed by atoms with Gasteiger partial charge in [-0.1, -0.05) is 31.0 Å². The average molecular weight is 329 g/mol. The summed E-state index contributed by atoms with van der Waals surface area (Å²) in [5, 5.41) is 2.97. The first-order chi connectivity index (χ1) is 7.26. The molecule has 16 heavy (non-hydrogen) atoms. The van der Waals surface area contributed by atoms with Gasteiger partial charge in [-0.2, -0.15) is 0 Å². The largest absolute Gasteiger partial charge is 0.370 e. The molecule has 0 aromatic heterocycles. The summed E-state index contributed by atoms with van der Waals surface area (Å²) in [6, 6.07) is 9.47. The molecule has 0 aliphatic rings. The molecule has 0 saturated heterocycles. The molecule has 1 rings (SSSR count). The number of nitrogens with zero attached hydrogens (tertiary/aromatic N) is 1. The highest BCUT2D eigenvalue weighted by atomic mass is 127. The van der Waals surface area contributed by atoms with Crippen molar-refractivity contribution in [2.24, 2.45) is 10.7 Å². The zero-order chi connectivity index (χ0) is 11.1. The Kier molecular flexibility index (Phi) is 7.38. The minimum absolute atomic E-state index is 0. The van der Waals surface area contributed by atoms with Gasteiger partial charge in [0.15, 0.2) is 5.96 Å². The van der Waals surface area contributed by atoms with Crippen LogP contribution in [0.2, 0.25) is 0 Å². The van der Waals surface area contributed by atoms with Gasteiger partial charge in [-0.25, -0.2) is 4.99 Å². The van der Waals surface area contributed by atoms with Crippen molar-refractivity contribution in [3.63, 3.8) is 0 Å². The van der Waals surface area contributed by atoms with Gasteiger partial charge in [0.05, 0.1) is 0 Å². The summed E-state index contributed by atoms with van der Waals surface area (Å²) in [6.45, 7) is 1.98. The lowest BCUT2D eigenvalue weighted by atomic mass is 10.2. The number of benzene rings is 1. The standard InChI is InChI=1S/C12H15N3.HI/c1-3-10(4-2)14-12(13)15-11-8-6-5-7-9-11;/h1,5-10H,4H2,2H3,(H3,13,14,15);1H. The molecule has 86 valence electrons. The monoisotopic (exact) mass is 329 g/mol. The number of nitrogens with one attached hydrogen (secondary N) is 1. The molecule has 3 nitrogen and oxygen atoms in total. The molecule has 3 N–H and O–H groups in total. The highest BCUT2D eigenvalue weighted by Gasteiger charge is 1.99. The summed E-state index contributed by atoms with van der Waals surface area (Å²) in [4.78, 5) is 4.16. The third-order valence-electron chi connectivity index (χ3n) is 1.92. The van der Waals surface area contributed by atoms with Crippen LogP contribution in [0.1, 0.15) is 13.3 Å². The Balaban J connectivity index is 0.00000225. The van der Waals surface area contributed by atoms with Gasteiger partial charge in [-0.15, -0.1) is 30.4 Å². The summed E-state index contributed by atoms with van der Waals surface area (Å²) in [5.74, 6) is 2.91. The van der Waals surface area contributed by atoms with Crippen LogP contribution in [-0.2, 0) is 0 Å². The second kappa shape index (κ2) is 7.99. The highest BCUT2D eigenvalue weighted by molar-refractivity contribution is 14.0. The molecule has 0 aliphatic carbocycles. The van der Waals surface area contributed by atoms with Gasteiger partial charge in [-0.3, -0.25) is 0 Å². The van der Waals surface area contributed by atoms with E-state index in [1.165, 1.54) is 0 Å². The van der Waals surface area contributed by atoms with Gasteiger partial charge >= 0.3 is 0 Å². The SMILES string of the molecule is C#CC(CC)N=C(N)Nc1ccccc1.I. The molecule has 1 atom stereocenters. The summed E-state index contributed by atoms with van der Waals surface area (Å²) < 4.78 is 0. The number of para-hydroxylation sites is 1. The first-order valence-electron chi connectivity index (χ1n) is 4.87. The smallest absolute Gasteiger partial charge is 0.194 e. The van der Waals surface area contributed by atoms with Crippen molar-refractivity contribution < 1.29 is 0 Å². The minimum Gasteiger partial charge on any atom is -0.370 e. The summed E-state index contributed by atoms with van der Waals surface area (Å²) in [5.41, 5.74) is 6.61. The van der Waals surface area contributed by atoms with E-state index in [0.29, 0.717) is 5.96 Å². The molecule has 0 heterocycles. The van der Waals surface area contributed by atoms with Crippen LogP contribution in [0.15, 0.2) is 35.3 Å². The molecule has 0 amide bonds. The number of terminal acetylenes is 1. The molecule has 0 fully saturated rings. The summed E-state index contributed by atoms with van der Waals surface area (Å²) in [6.07, 6.45) is 6.07. The maximum Gasteiger partial charge on any atom is 0.194 e. The molecular weight excluding hydrogens is 313 g/mol. The number of hydrogen-bond donors (Lipinski definition) is 2. The molecule has 4 heteroatoms. The normalized spacial score (nSPS) is 12.1. The maximum absolute atomic E-state index is 5.70. The Labute approximate surface area is 114 Å². The molecule has 0 spiro atoms. The van der Waals surface area contributed by atoms with E-state index in [9.17, 15) is 0 Å². The number of rotatable bonds is 3. The molecule has 0 bridgehead atoms. The topological polar surface area (TPSA) is 50.4 Å². The van der Waals surface area contributed by atoms with Crippen LogP contribution in [-0.4, -0.2) is 12.0 Å². The molecule has 0 saturated carbocycles. The molecular formula is C12H16IN3. The fraction of sp³-hybridized carbons (Fsp3) is 0.250. The molecule has 0 aliphatic heterocycles. The van der Waals surface area contributed by atoms with Crippen molar-refractivity contribution in [2.45, 2.75) is 19.4 Å². The Bertz CT molecular complexity index is 368. The number of hydrogen-bond acceptors (Lipinski definition) is 1. The third kappa shape index (κ3) is 5.03. The van der Waals surface area contributed by atoms with E-state index in [4.69, 9.17) is 12.2 Å². The zero-order valence-electron chi connectivity index (χ0n) is 9.18. The van der Waals surface area contributed by atoms with Gasteiger partial charge in [-0.05, 0) is 18.6 Å². The number of nitrogens with two attached hydrogens (primary N) is 1. The van der Waals surface area contributed by atoms with Crippen molar-refractivity contribution in [1.29, 1.82) is 0 Å². The lowest BCUT2D eigenvalue weighted by molar-refractivity contribution is 0.806. The fourth-order valence-corrected chi connectivity index (χ4v) is 1.12. The van der Waals surface area contributed by atoms with Crippen LogP contribution in [0.25, 0.3) is 0 Å². The quantitative estimate of drug-likeness (QED) is 0.387. The first kappa shape index (κ1) is 14.8. The average Bonchev–Trinajstić information content (AvgIpc) is 2.27. The summed E-state index contributed by atoms with van der Waals surface area (Å²) >= 11 is 0. The van der Waals surface area contributed by atoms with Gasteiger partial charge in [0.1, 0.15) is 6.04 Å². The molecule has 0 radical (unpaired) electrons. The van der Waals surface area contributed by atoms with Crippen molar-refractivity contribution in [3.8, 4) is 12.3 Å². The second-order valence-corrected chi connectivity index (χ2v) is 3.10. The Morgan fingerprint density at radius 1 is 1.50 bits per heavy atom. The maximum atomic E-state index is 5.70. The number of halogens is 1. The van der Waals surface area contributed by atoms with E-state index < -0.39 is 0 Å². The minimum atomic E-state index is -0.152. The predicted octanol–water partition coefficient (Wildman–Crippen LogP) is 2.44. The van der Waals surface area contributed by atoms with E-state index in [1.54, 1.807) is 0 Å². The van der Waals surface area contributed by atoms with Crippen LogP contribution in [0.3, 0.4) is 0 Å². The zero-order valence-corrected chi connectivity index (χ0v) is 11.5. The van der Waals surface area contributed by atoms with Crippen molar-refractivity contribution in [2.75, 3.05) is 5.32 Å². The molecule has 1 aromatic carbocycles. The van der Waals surface area contributed by atoms with Crippen LogP contribution in [0.5, 0.6) is 0 Å². The Hall–Kier alpha value is -1.22. The molecule has 1 unspecified atom stereocenters.